The van der Waals surface area contributed by atoms with Crippen molar-refractivity contribution in [3.8, 4) is 22.9 Å². The predicted molar refractivity (Wildman–Crippen MR) is 108 cm³/mol. The van der Waals surface area contributed by atoms with E-state index in [4.69, 9.17) is 11.6 Å². The van der Waals surface area contributed by atoms with E-state index in [0.29, 0.717) is 10.6 Å². The average molecular weight is 381 g/mol. The lowest BCUT2D eigenvalue weighted by atomic mass is 10.1. The Morgan fingerprint density at radius 3 is 2.54 bits per heavy atom. The first-order chi connectivity index (χ1) is 12.7. The van der Waals surface area contributed by atoms with Crippen molar-refractivity contribution in [3.05, 3.63) is 65.4 Å². The molecule has 6 heteroatoms. The monoisotopic (exact) mass is 380 g/mol. The van der Waals surface area contributed by atoms with Crippen LogP contribution in [-0.2, 0) is 0 Å². The van der Waals surface area contributed by atoms with Gasteiger partial charge >= 0.3 is 0 Å². The molecule has 0 bridgehead atoms. The molecule has 130 valence electrons. The van der Waals surface area contributed by atoms with Crippen LogP contribution in [0.4, 0.5) is 5.69 Å². The van der Waals surface area contributed by atoms with E-state index in [1.807, 2.05) is 30.2 Å². The molecule has 1 aliphatic heterocycles. The Balaban J connectivity index is 1.59. The molecule has 1 saturated heterocycles. The zero-order chi connectivity index (χ0) is 17.9. The van der Waals surface area contributed by atoms with Crippen LogP contribution in [0.25, 0.3) is 16.8 Å². The third-order valence-electron chi connectivity index (χ3n) is 4.49. The zero-order valence-corrected chi connectivity index (χ0v) is 15.7. The molecule has 3 aromatic rings. The fourth-order valence-corrected chi connectivity index (χ4v) is 4.16. The molecule has 4 nitrogen and oxygen atoms in total. The fraction of sp³-hybridized carbons (Fsp3) is 0.200. The van der Waals surface area contributed by atoms with Gasteiger partial charge in [-0.05, 0) is 35.9 Å². The summed E-state index contributed by atoms with van der Waals surface area (Å²) in [5.74, 6) is 2.38. The van der Waals surface area contributed by atoms with Crippen LogP contribution in [0, 0.1) is 11.3 Å². The van der Waals surface area contributed by atoms with E-state index in [9.17, 15) is 5.26 Å². The van der Waals surface area contributed by atoms with Crippen molar-refractivity contribution in [1.29, 1.82) is 5.26 Å². The number of hydrogen-bond donors (Lipinski definition) is 0. The normalized spacial score (nSPS) is 14.2. The summed E-state index contributed by atoms with van der Waals surface area (Å²) in [5.41, 5.74) is 4.63. The minimum Gasteiger partial charge on any atom is -0.370 e. The van der Waals surface area contributed by atoms with Crippen LogP contribution < -0.4 is 4.90 Å². The topological polar surface area (TPSA) is 44.9 Å². The van der Waals surface area contributed by atoms with Crippen molar-refractivity contribution in [2.24, 2.45) is 0 Å². The Hall–Kier alpha value is -2.42. The molecular weight excluding hydrogens is 364 g/mol. The van der Waals surface area contributed by atoms with Crippen molar-refractivity contribution < 1.29 is 0 Å². The highest BCUT2D eigenvalue weighted by Crippen LogP contribution is 2.26. The first-order valence-electron chi connectivity index (χ1n) is 8.42. The Labute approximate surface area is 162 Å². The van der Waals surface area contributed by atoms with E-state index >= 15 is 0 Å². The quantitative estimate of drug-likeness (QED) is 0.665. The van der Waals surface area contributed by atoms with Crippen LogP contribution in [0.5, 0.6) is 0 Å². The number of aromatic nitrogens is 2. The van der Waals surface area contributed by atoms with E-state index < -0.39 is 0 Å². The molecule has 26 heavy (non-hydrogen) atoms. The number of thioether (sulfide) groups is 1. The minimum absolute atomic E-state index is 0.505. The Morgan fingerprint density at radius 2 is 1.81 bits per heavy atom. The summed E-state index contributed by atoms with van der Waals surface area (Å²) in [6.07, 6.45) is 3.76. The smallest absolute Gasteiger partial charge is 0.101 e. The molecule has 0 unspecified atom stereocenters. The van der Waals surface area contributed by atoms with Gasteiger partial charge in [0.25, 0.3) is 0 Å². The number of halogens is 1. The standard InChI is InChI=1S/C20H17ClN4S/c21-18-3-6-20(16(11-18)12-22)25-14-17(13-23-25)15-1-4-19(5-2-15)24-7-9-26-10-8-24/h1-6,11,13-14H,7-10H2. The second-order valence-corrected chi connectivity index (χ2v) is 7.75. The third-order valence-corrected chi connectivity index (χ3v) is 5.66. The maximum atomic E-state index is 9.33. The fourth-order valence-electron chi connectivity index (χ4n) is 3.09. The maximum absolute atomic E-state index is 9.33. The Morgan fingerprint density at radius 1 is 1.04 bits per heavy atom. The SMILES string of the molecule is N#Cc1cc(Cl)ccc1-n1cc(-c2ccc(N3CCSCC3)cc2)cn1. The molecule has 0 amide bonds. The average Bonchev–Trinajstić information content (AvgIpc) is 3.18. The first kappa shape index (κ1) is 17.0. The van der Waals surface area contributed by atoms with Gasteiger partial charge in [-0.25, -0.2) is 4.68 Å². The van der Waals surface area contributed by atoms with Gasteiger partial charge in [0.2, 0.25) is 0 Å². The lowest BCUT2D eigenvalue weighted by Crippen LogP contribution is -2.32. The molecule has 0 atom stereocenters. The largest absolute Gasteiger partial charge is 0.370 e. The number of nitrogens with zero attached hydrogens (tertiary/aromatic N) is 4. The number of anilines is 1. The van der Waals surface area contributed by atoms with Gasteiger partial charge < -0.3 is 4.90 Å². The summed E-state index contributed by atoms with van der Waals surface area (Å²) in [4.78, 5) is 2.43. The van der Waals surface area contributed by atoms with Gasteiger partial charge in [-0.1, -0.05) is 23.7 Å². The van der Waals surface area contributed by atoms with Crippen molar-refractivity contribution >= 4 is 29.1 Å². The van der Waals surface area contributed by atoms with E-state index in [2.05, 4.69) is 40.3 Å². The summed E-state index contributed by atoms with van der Waals surface area (Å²) in [7, 11) is 0. The number of nitriles is 1. The molecule has 1 fully saturated rings. The number of benzene rings is 2. The van der Waals surface area contributed by atoms with Crippen molar-refractivity contribution in [2.75, 3.05) is 29.5 Å². The van der Waals surface area contributed by atoms with Crippen LogP contribution in [0.3, 0.4) is 0 Å². The van der Waals surface area contributed by atoms with Crippen molar-refractivity contribution in [3.63, 3.8) is 0 Å². The summed E-state index contributed by atoms with van der Waals surface area (Å²) in [5, 5.41) is 14.3. The predicted octanol–water partition coefficient (Wildman–Crippen LogP) is 4.62. The van der Waals surface area contributed by atoms with Gasteiger partial charge in [0.05, 0.1) is 17.4 Å². The third kappa shape index (κ3) is 3.44. The lowest BCUT2D eigenvalue weighted by Gasteiger charge is -2.28. The van der Waals surface area contributed by atoms with E-state index in [1.54, 1.807) is 16.8 Å². The van der Waals surface area contributed by atoms with Crippen molar-refractivity contribution in [2.45, 2.75) is 0 Å². The van der Waals surface area contributed by atoms with Gasteiger partial charge in [-0.15, -0.1) is 0 Å². The molecule has 0 aliphatic carbocycles. The molecule has 0 spiro atoms. The van der Waals surface area contributed by atoms with Crippen LogP contribution >= 0.6 is 23.4 Å². The summed E-state index contributed by atoms with van der Waals surface area (Å²) >= 11 is 7.99. The lowest BCUT2D eigenvalue weighted by molar-refractivity contribution is 0.859. The van der Waals surface area contributed by atoms with Crippen LogP contribution in [0.15, 0.2) is 54.9 Å². The molecule has 0 saturated carbocycles. The Kier molecular flexibility index (Phi) is 4.87. The van der Waals surface area contributed by atoms with Crippen molar-refractivity contribution in [1.82, 2.24) is 9.78 Å². The molecule has 0 N–H and O–H groups in total. The van der Waals surface area contributed by atoms with Gasteiger partial charge in [0.15, 0.2) is 0 Å². The molecule has 4 rings (SSSR count). The molecule has 1 aromatic heterocycles. The highest BCUT2D eigenvalue weighted by molar-refractivity contribution is 7.99. The van der Waals surface area contributed by atoms with Crippen LogP contribution in [-0.4, -0.2) is 34.4 Å². The van der Waals surface area contributed by atoms with E-state index in [0.717, 1.165) is 29.9 Å². The number of rotatable bonds is 3. The second-order valence-electron chi connectivity index (χ2n) is 6.09. The summed E-state index contributed by atoms with van der Waals surface area (Å²) in [6, 6.07) is 16.0. The van der Waals surface area contributed by atoms with Gasteiger partial charge in [-0.3, -0.25) is 0 Å². The van der Waals surface area contributed by atoms with Gasteiger partial charge in [0, 0.05) is 47.1 Å². The highest BCUT2D eigenvalue weighted by Gasteiger charge is 2.12. The molecular formula is C20H17ClN4S. The van der Waals surface area contributed by atoms with E-state index in [1.165, 1.54) is 17.2 Å². The van der Waals surface area contributed by atoms with E-state index in [-0.39, 0.29) is 0 Å². The summed E-state index contributed by atoms with van der Waals surface area (Å²) in [6.45, 7) is 2.21. The molecule has 2 aromatic carbocycles. The molecule has 2 heterocycles. The maximum Gasteiger partial charge on any atom is 0.101 e. The minimum atomic E-state index is 0.505. The Bertz CT molecular complexity index is 953. The number of hydrogen-bond acceptors (Lipinski definition) is 4. The molecule has 1 aliphatic rings. The summed E-state index contributed by atoms with van der Waals surface area (Å²) < 4.78 is 1.72. The molecule has 0 radical (unpaired) electrons. The van der Waals surface area contributed by atoms with Crippen LogP contribution in [0.2, 0.25) is 5.02 Å². The van der Waals surface area contributed by atoms with Gasteiger partial charge in [-0.2, -0.15) is 22.1 Å². The zero-order valence-electron chi connectivity index (χ0n) is 14.1. The highest BCUT2D eigenvalue weighted by atomic mass is 35.5. The second kappa shape index (κ2) is 7.45. The van der Waals surface area contributed by atoms with Gasteiger partial charge in [0.1, 0.15) is 6.07 Å². The van der Waals surface area contributed by atoms with Crippen LogP contribution in [0.1, 0.15) is 5.56 Å². The first-order valence-corrected chi connectivity index (χ1v) is 9.96.